The monoisotopic (exact) mass is 252 g/mol. The van der Waals surface area contributed by atoms with Crippen LogP contribution in [0, 0.1) is 0 Å². The predicted molar refractivity (Wildman–Crippen MR) is 35.0 cm³/mol. The van der Waals surface area contributed by atoms with Crippen LogP contribution in [0.15, 0.2) is 0 Å². The van der Waals surface area contributed by atoms with E-state index in [1.54, 1.807) is 0 Å². The summed E-state index contributed by atoms with van der Waals surface area (Å²) < 4.78 is 22.8. The molecule has 0 aromatic carbocycles. The molecule has 0 N–H and O–H groups in total. The number of halogens is 4. The van der Waals surface area contributed by atoms with Gasteiger partial charge in [-0.3, -0.25) is 4.57 Å². The van der Waals surface area contributed by atoms with Crippen molar-refractivity contribution in [3.63, 3.8) is 0 Å². The van der Waals surface area contributed by atoms with Gasteiger partial charge in [-0.05, 0) is 0 Å². The quantitative estimate of drug-likeness (QED) is 0.353. The van der Waals surface area contributed by atoms with E-state index in [0.717, 1.165) is 0 Å². The van der Waals surface area contributed by atoms with Crippen LogP contribution in [0.1, 0.15) is 0 Å². The van der Waals surface area contributed by atoms with Gasteiger partial charge in [0.2, 0.25) is 3.79 Å². The number of rotatable bonds is 2. The Morgan fingerprint density at radius 1 is 1.55 bits per heavy atom. The van der Waals surface area contributed by atoms with Crippen molar-refractivity contribution in [2.75, 3.05) is 6.61 Å². The Morgan fingerprint density at radius 2 is 1.91 bits per heavy atom. The molecule has 3 nitrogen and oxygen atoms in total. The minimum absolute atomic E-state index is 0. The van der Waals surface area contributed by atoms with Crippen molar-refractivity contribution in [3.05, 3.63) is 0 Å². The SMILES string of the molecule is O=P([O-])(F)OCC(Cl)(Cl)Cl.[Na+]. The van der Waals surface area contributed by atoms with Crippen LogP contribution < -0.4 is 34.5 Å². The summed E-state index contributed by atoms with van der Waals surface area (Å²) in [5.74, 6) is 0. The fourth-order valence-electron chi connectivity index (χ4n) is 0.150. The molecule has 62 valence electrons. The van der Waals surface area contributed by atoms with Crippen LogP contribution in [0.2, 0.25) is 0 Å². The number of alkyl halides is 3. The molecule has 0 bridgehead atoms. The molecule has 0 radical (unpaired) electrons. The van der Waals surface area contributed by atoms with E-state index in [4.69, 9.17) is 34.8 Å². The summed E-state index contributed by atoms with van der Waals surface area (Å²) >= 11 is 15.1. The van der Waals surface area contributed by atoms with Crippen LogP contribution in [0.5, 0.6) is 0 Å². The van der Waals surface area contributed by atoms with Gasteiger partial charge in [0.05, 0.1) is 0 Å². The van der Waals surface area contributed by atoms with E-state index in [2.05, 4.69) is 4.52 Å². The maximum absolute atomic E-state index is 11.5. The molecule has 0 amide bonds. The van der Waals surface area contributed by atoms with Gasteiger partial charge in [-0.2, -0.15) is 4.20 Å². The Hall–Kier alpha value is 1.95. The average Bonchev–Trinajstić information content (AvgIpc) is 1.57. The summed E-state index contributed by atoms with van der Waals surface area (Å²) in [5, 5.41) is 0. The Bertz CT molecular complexity index is 155. The van der Waals surface area contributed by atoms with Gasteiger partial charge in [-0.1, -0.05) is 34.8 Å². The zero-order valence-electron chi connectivity index (χ0n) is 5.39. The summed E-state index contributed by atoms with van der Waals surface area (Å²) in [7, 11) is -5.27. The fraction of sp³-hybridized carbons (Fsp3) is 1.00. The van der Waals surface area contributed by atoms with Crippen molar-refractivity contribution in [1.29, 1.82) is 0 Å². The molecule has 11 heavy (non-hydrogen) atoms. The van der Waals surface area contributed by atoms with Crippen LogP contribution >= 0.6 is 42.7 Å². The van der Waals surface area contributed by atoms with Crippen molar-refractivity contribution in [1.82, 2.24) is 0 Å². The third kappa shape index (κ3) is 14.8. The summed E-state index contributed by atoms with van der Waals surface area (Å²) in [4.78, 5) is 9.64. The van der Waals surface area contributed by atoms with E-state index in [-0.39, 0.29) is 29.6 Å². The minimum Gasteiger partial charge on any atom is -0.753 e. The molecule has 0 aliphatic heterocycles. The van der Waals surface area contributed by atoms with Crippen molar-refractivity contribution >= 4 is 42.7 Å². The first kappa shape index (κ1) is 15.4. The van der Waals surface area contributed by atoms with Gasteiger partial charge in [0.25, 0.3) is 0 Å². The molecule has 1 atom stereocenters. The largest absolute Gasteiger partial charge is 1.00 e. The van der Waals surface area contributed by atoms with Gasteiger partial charge in [0.15, 0.2) is 0 Å². The Kier molecular flexibility index (Phi) is 7.90. The molecule has 0 spiro atoms. The maximum atomic E-state index is 11.5. The summed E-state index contributed by atoms with van der Waals surface area (Å²) in [6, 6.07) is 0. The molecule has 0 fully saturated rings. The van der Waals surface area contributed by atoms with Crippen molar-refractivity contribution in [2.45, 2.75) is 3.79 Å². The molecule has 9 heteroatoms. The fourth-order valence-corrected chi connectivity index (χ4v) is 0.890. The molecule has 0 aliphatic rings. The smallest absolute Gasteiger partial charge is 0.753 e. The summed E-state index contributed by atoms with van der Waals surface area (Å²) in [6.07, 6.45) is 0. The molecular weight excluding hydrogens is 251 g/mol. The average molecular weight is 253 g/mol. The predicted octanol–water partition coefficient (Wildman–Crippen LogP) is -1.18. The molecule has 0 saturated heterocycles. The second-order valence-corrected chi connectivity index (χ2v) is 4.95. The molecule has 0 saturated carbocycles. The standard InChI is InChI=1S/C2H3Cl3FO3P.Na/c3-2(4,5)1-9-10(6,7)8;/h1H2,(H,7,8);/q;+1/p-1. The van der Waals surface area contributed by atoms with Crippen molar-refractivity contribution in [2.24, 2.45) is 0 Å². The van der Waals surface area contributed by atoms with E-state index in [9.17, 15) is 13.7 Å². The first-order chi connectivity index (χ1) is 4.21. The van der Waals surface area contributed by atoms with E-state index in [1.165, 1.54) is 0 Å². The van der Waals surface area contributed by atoms with E-state index < -0.39 is 18.3 Å². The van der Waals surface area contributed by atoms with E-state index in [0.29, 0.717) is 0 Å². The summed E-state index contributed by atoms with van der Waals surface area (Å²) in [5.41, 5.74) is 0. The van der Waals surface area contributed by atoms with Gasteiger partial charge in [0, 0.05) is 0 Å². The van der Waals surface area contributed by atoms with Gasteiger partial charge in [-0.15, -0.1) is 0 Å². The topological polar surface area (TPSA) is 49.4 Å². The van der Waals surface area contributed by atoms with Gasteiger partial charge in [0.1, 0.15) is 6.61 Å². The summed E-state index contributed by atoms with van der Waals surface area (Å²) in [6.45, 7) is -0.824. The van der Waals surface area contributed by atoms with E-state index in [1.807, 2.05) is 0 Å². The zero-order chi connectivity index (χ0) is 8.41. The number of hydrogen-bond acceptors (Lipinski definition) is 3. The molecule has 1 unspecified atom stereocenters. The number of hydrogen-bond donors (Lipinski definition) is 0. The Balaban J connectivity index is 0. The van der Waals surface area contributed by atoms with Gasteiger partial charge in [-0.25, -0.2) is 0 Å². The minimum atomic E-state index is -5.27. The van der Waals surface area contributed by atoms with Gasteiger partial charge >= 0.3 is 37.5 Å². The molecule has 0 aromatic heterocycles. The normalized spacial score (nSPS) is 16.8. The first-order valence-corrected chi connectivity index (χ1v) is 4.49. The first-order valence-electron chi connectivity index (χ1n) is 1.93. The Morgan fingerprint density at radius 3 is 2.00 bits per heavy atom. The van der Waals surface area contributed by atoms with Crippen LogP contribution in [-0.2, 0) is 9.09 Å². The van der Waals surface area contributed by atoms with Crippen molar-refractivity contribution < 1.29 is 47.7 Å². The van der Waals surface area contributed by atoms with Crippen LogP contribution in [0.25, 0.3) is 0 Å². The van der Waals surface area contributed by atoms with E-state index >= 15 is 0 Å². The third-order valence-electron chi connectivity index (χ3n) is 0.382. The molecular formula is C2H2Cl3FNaO3P. The molecule has 0 aromatic rings. The third-order valence-corrected chi connectivity index (χ3v) is 1.15. The molecule has 0 heterocycles. The van der Waals surface area contributed by atoms with Gasteiger partial charge < -0.3 is 9.42 Å². The van der Waals surface area contributed by atoms with Crippen LogP contribution in [0.3, 0.4) is 0 Å². The zero-order valence-corrected chi connectivity index (χ0v) is 10.6. The van der Waals surface area contributed by atoms with Crippen LogP contribution in [-0.4, -0.2) is 10.4 Å². The second-order valence-electron chi connectivity index (χ2n) is 1.32. The van der Waals surface area contributed by atoms with Crippen LogP contribution in [0.4, 0.5) is 4.20 Å². The van der Waals surface area contributed by atoms with Crippen molar-refractivity contribution in [3.8, 4) is 0 Å². The molecule has 0 aliphatic carbocycles. The maximum Gasteiger partial charge on any atom is 1.00 e. The molecule has 0 rings (SSSR count). The second kappa shape index (κ2) is 5.63. The Labute approximate surface area is 100 Å².